The van der Waals surface area contributed by atoms with E-state index in [1.54, 1.807) is 0 Å². The molecule has 1 aliphatic carbocycles. The Labute approximate surface area is 124 Å². The van der Waals surface area contributed by atoms with Gasteiger partial charge < -0.3 is 14.8 Å². The van der Waals surface area contributed by atoms with Crippen molar-refractivity contribution in [1.29, 1.82) is 0 Å². The summed E-state index contributed by atoms with van der Waals surface area (Å²) >= 11 is 0. The minimum atomic E-state index is 0.524. The normalized spacial score (nSPS) is 24.2. The maximum Gasteiger partial charge on any atom is 0.162 e. The van der Waals surface area contributed by atoms with Gasteiger partial charge in [0, 0.05) is 17.6 Å². The molecule has 2 aromatic rings. The maximum atomic E-state index is 5.70. The fourth-order valence-corrected chi connectivity index (χ4v) is 3.36. The Hall–Kier alpha value is -1.97. The molecule has 4 nitrogen and oxygen atoms in total. The summed E-state index contributed by atoms with van der Waals surface area (Å²) in [6.07, 6.45) is 5.69. The molecule has 1 aliphatic heterocycles. The molecule has 21 heavy (non-hydrogen) atoms. The van der Waals surface area contributed by atoms with E-state index in [1.165, 1.54) is 19.3 Å². The molecule has 0 amide bonds. The van der Waals surface area contributed by atoms with Crippen LogP contribution >= 0.6 is 0 Å². The number of nitrogens with one attached hydrogen (secondary N) is 1. The van der Waals surface area contributed by atoms with Crippen LogP contribution in [0.15, 0.2) is 24.4 Å². The van der Waals surface area contributed by atoms with Crippen molar-refractivity contribution in [2.24, 2.45) is 5.92 Å². The zero-order valence-electron chi connectivity index (χ0n) is 12.3. The largest absolute Gasteiger partial charge is 0.486 e. The van der Waals surface area contributed by atoms with Gasteiger partial charge in [-0.25, -0.2) is 4.98 Å². The SMILES string of the molecule is CC1CCCC1Nc1nccc2cc3c(cc12)OCCO3. The summed E-state index contributed by atoms with van der Waals surface area (Å²) in [5.74, 6) is 3.33. The molecule has 0 radical (unpaired) electrons. The lowest BCUT2D eigenvalue weighted by molar-refractivity contribution is 0.172. The summed E-state index contributed by atoms with van der Waals surface area (Å²) in [6.45, 7) is 3.55. The molecule has 110 valence electrons. The fourth-order valence-electron chi connectivity index (χ4n) is 3.36. The summed E-state index contributed by atoms with van der Waals surface area (Å²) in [5.41, 5.74) is 0. The van der Waals surface area contributed by atoms with Crippen LogP contribution in [0.2, 0.25) is 0 Å². The first-order chi connectivity index (χ1) is 10.3. The summed E-state index contributed by atoms with van der Waals surface area (Å²) in [4.78, 5) is 4.55. The van der Waals surface area contributed by atoms with E-state index in [4.69, 9.17) is 9.47 Å². The Morgan fingerprint density at radius 2 is 1.95 bits per heavy atom. The van der Waals surface area contributed by atoms with Gasteiger partial charge in [-0.1, -0.05) is 13.3 Å². The van der Waals surface area contributed by atoms with Crippen molar-refractivity contribution in [2.45, 2.75) is 32.2 Å². The minimum absolute atomic E-state index is 0.524. The van der Waals surface area contributed by atoms with Crippen molar-refractivity contribution < 1.29 is 9.47 Å². The summed E-state index contributed by atoms with van der Waals surface area (Å²) in [7, 11) is 0. The van der Waals surface area contributed by atoms with Crippen molar-refractivity contribution in [3.63, 3.8) is 0 Å². The van der Waals surface area contributed by atoms with Crippen LogP contribution in [0.3, 0.4) is 0 Å². The molecular formula is C17H20N2O2. The summed E-state index contributed by atoms with van der Waals surface area (Å²) in [6, 6.07) is 6.65. The van der Waals surface area contributed by atoms with Gasteiger partial charge >= 0.3 is 0 Å². The van der Waals surface area contributed by atoms with Crippen LogP contribution in [0.5, 0.6) is 11.5 Å². The van der Waals surface area contributed by atoms with Crippen molar-refractivity contribution >= 4 is 16.6 Å². The van der Waals surface area contributed by atoms with E-state index in [0.717, 1.165) is 28.1 Å². The quantitative estimate of drug-likeness (QED) is 0.915. The maximum absolute atomic E-state index is 5.70. The molecular weight excluding hydrogens is 264 g/mol. The molecule has 1 fully saturated rings. The smallest absolute Gasteiger partial charge is 0.162 e. The molecule has 1 aromatic heterocycles. The summed E-state index contributed by atoms with van der Waals surface area (Å²) < 4.78 is 11.4. The van der Waals surface area contributed by atoms with Gasteiger partial charge in [0.05, 0.1) is 0 Å². The van der Waals surface area contributed by atoms with E-state index in [-0.39, 0.29) is 0 Å². The highest BCUT2D eigenvalue weighted by Crippen LogP contribution is 2.37. The van der Waals surface area contributed by atoms with E-state index in [0.29, 0.717) is 25.2 Å². The highest BCUT2D eigenvalue weighted by molar-refractivity contribution is 5.94. The van der Waals surface area contributed by atoms with Gasteiger partial charge in [-0.05, 0) is 42.3 Å². The number of anilines is 1. The van der Waals surface area contributed by atoms with Crippen molar-refractivity contribution in [3.8, 4) is 11.5 Å². The average Bonchev–Trinajstić information content (AvgIpc) is 2.91. The number of benzene rings is 1. The lowest BCUT2D eigenvalue weighted by Crippen LogP contribution is -2.22. The standard InChI is InChI=1S/C17H20N2O2/c1-11-3-2-4-14(11)19-17-13-10-16-15(20-7-8-21-16)9-12(13)5-6-18-17/h5-6,9-11,14H,2-4,7-8H2,1H3,(H,18,19). The predicted octanol–water partition coefficient (Wildman–Crippen LogP) is 3.61. The number of hydrogen-bond acceptors (Lipinski definition) is 4. The Balaban J connectivity index is 1.74. The number of aromatic nitrogens is 1. The number of ether oxygens (including phenoxy) is 2. The molecule has 4 heteroatoms. The van der Waals surface area contributed by atoms with Crippen molar-refractivity contribution in [1.82, 2.24) is 4.98 Å². The topological polar surface area (TPSA) is 43.4 Å². The van der Waals surface area contributed by atoms with Gasteiger partial charge in [0.25, 0.3) is 0 Å². The van der Waals surface area contributed by atoms with Crippen LogP contribution in [0.25, 0.3) is 10.8 Å². The first-order valence-electron chi connectivity index (χ1n) is 7.76. The van der Waals surface area contributed by atoms with Crippen LogP contribution in [0.1, 0.15) is 26.2 Å². The van der Waals surface area contributed by atoms with Crippen LogP contribution in [0, 0.1) is 5.92 Å². The van der Waals surface area contributed by atoms with E-state index in [2.05, 4.69) is 29.4 Å². The van der Waals surface area contributed by atoms with E-state index in [1.807, 2.05) is 12.3 Å². The van der Waals surface area contributed by atoms with Gasteiger partial charge in [-0.2, -0.15) is 0 Å². The third-order valence-corrected chi connectivity index (χ3v) is 4.61. The molecule has 2 aliphatic rings. The van der Waals surface area contributed by atoms with Gasteiger partial charge in [0.2, 0.25) is 0 Å². The predicted molar refractivity (Wildman–Crippen MR) is 83.2 cm³/mol. The average molecular weight is 284 g/mol. The third-order valence-electron chi connectivity index (χ3n) is 4.61. The first-order valence-corrected chi connectivity index (χ1v) is 7.76. The minimum Gasteiger partial charge on any atom is -0.486 e. The first kappa shape index (κ1) is 12.7. The van der Waals surface area contributed by atoms with Crippen molar-refractivity contribution in [2.75, 3.05) is 18.5 Å². The number of rotatable bonds is 2. The van der Waals surface area contributed by atoms with Crippen LogP contribution in [0.4, 0.5) is 5.82 Å². The Bertz CT molecular complexity index is 671. The lowest BCUT2D eigenvalue weighted by Gasteiger charge is -2.21. The molecule has 0 saturated heterocycles. The van der Waals surface area contributed by atoms with E-state index in [9.17, 15) is 0 Å². The van der Waals surface area contributed by atoms with Gasteiger partial charge in [-0.15, -0.1) is 0 Å². The second kappa shape index (κ2) is 5.10. The Morgan fingerprint density at radius 3 is 2.71 bits per heavy atom. The Kier molecular flexibility index (Phi) is 3.09. The zero-order chi connectivity index (χ0) is 14.2. The Morgan fingerprint density at radius 1 is 1.14 bits per heavy atom. The second-order valence-corrected chi connectivity index (χ2v) is 6.04. The lowest BCUT2D eigenvalue weighted by atomic mass is 10.1. The molecule has 4 rings (SSSR count). The number of fused-ring (bicyclic) bond motifs is 2. The molecule has 2 unspecified atom stereocenters. The highest BCUT2D eigenvalue weighted by atomic mass is 16.6. The van der Waals surface area contributed by atoms with E-state index >= 15 is 0 Å². The van der Waals surface area contributed by atoms with Gasteiger partial charge in [-0.3, -0.25) is 0 Å². The monoisotopic (exact) mass is 284 g/mol. The molecule has 1 saturated carbocycles. The highest BCUT2D eigenvalue weighted by Gasteiger charge is 2.24. The van der Waals surface area contributed by atoms with Crippen molar-refractivity contribution in [3.05, 3.63) is 24.4 Å². The van der Waals surface area contributed by atoms with Crippen LogP contribution in [-0.4, -0.2) is 24.2 Å². The molecule has 0 bridgehead atoms. The molecule has 2 atom stereocenters. The molecule has 0 spiro atoms. The van der Waals surface area contributed by atoms with Gasteiger partial charge in [0.1, 0.15) is 19.0 Å². The number of hydrogen-bond donors (Lipinski definition) is 1. The van der Waals surface area contributed by atoms with E-state index < -0.39 is 0 Å². The van der Waals surface area contributed by atoms with Crippen LogP contribution < -0.4 is 14.8 Å². The zero-order valence-corrected chi connectivity index (χ0v) is 12.3. The number of nitrogens with zero attached hydrogens (tertiary/aromatic N) is 1. The number of pyridine rings is 1. The fraction of sp³-hybridized carbons (Fsp3) is 0.471. The summed E-state index contributed by atoms with van der Waals surface area (Å²) in [5, 5.41) is 5.89. The molecule has 2 heterocycles. The second-order valence-electron chi connectivity index (χ2n) is 6.04. The van der Waals surface area contributed by atoms with Crippen LogP contribution in [-0.2, 0) is 0 Å². The molecule has 1 aromatic carbocycles. The molecule has 1 N–H and O–H groups in total. The van der Waals surface area contributed by atoms with Gasteiger partial charge in [0.15, 0.2) is 11.5 Å². The third kappa shape index (κ3) is 2.28.